The summed E-state index contributed by atoms with van der Waals surface area (Å²) in [5.74, 6) is 0. The Balaban J connectivity index is 2.01. The normalized spacial score (nSPS) is 12.3. The largest absolute Gasteiger partial charge is 0.306 e. The van der Waals surface area contributed by atoms with Crippen LogP contribution in [0.25, 0.3) is 0 Å². The minimum atomic E-state index is -0.378. The first-order valence-electron chi connectivity index (χ1n) is 6.01. The smallest absolute Gasteiger partial charge is 0.269 e. The van der Waals surface area contributed by atoms with Gasteiger partial charge in [0.05, 0.1) is 11.1 Å². The molecule has 0 spiro atoms. The number of benzene rings is 1. The van der Waals surface area contributed by atoms with Crippen LogP contribution in [0.2, 0.25) is 0 Å². The zero-order valence-corrected chi connectivity index (χ0v) is 10.9. The maximum atomic E-state index is 10.7. The van der Waals surface area contributed by atoms with Crippen LogP contribution in [0.5, 0.6) is 0 Å². The number of aryl methyl sites for hydroxylation is 1. The van der Waals surface area contributed by atoms with E-state index in [-0.39, 0.29) is 16.7 Å². The maximum Gasteiger partial charge on any atom is 0.269 e. The number of nitrogens with one attached hydrogen (secondary N) is 1. The van der Waals surface area contributed by atoms with Crippen molar-refractivity contribution in [3.8, 4) is 0 Å². The molecule has 1 aromatic heterocycles. The number of nitro benzene ring substituents is 1. The Labute approximate surface area is 111 Å². The Bertz CT molecular complexity index is 580. The molecule has 2 aromatic rings. The average Bonchev–Trinajstić information content (AvgIpc) is 2.82. The number of hydrogen-bond acceptors (Lipinski definition) is 4. The fourth-order valence-electron chi connectivity index (χ4n) is 1.86. The minimum Gasteiger partial charge on any atom is -0.306 e. The zero-order valence-electron chi connectivity index (χ0n) is 10.9. The van der Waals surface area contributed by atoms with E-state index < -0.39 is 0 Å². The summed E-state index contributed by atoms with van der Waals surface area (Å²) in [5.41, 5.74) is 2.10. The molecule has 0 aliphatic rings. The SMILES string of the molecule is CC(NCc1cnn(C)c1)c1cccc([N+](=O)[O-])c1. The molecular weight excluding hydrogens is 244 g/mol. The molecule has 0 saturated carbocycles. The molecule has 1 heterocycles. The van der Waals surface area contributed by atoms with Crippen LogP contribution in [-0.4, -0.2) is 14.7 Å². The molecule has 0 amide bonds. The van der Waals surface area contributed by atoms with Crippen LogP contribution in [0.15, 0.2) is 36.7 Å². The molecule has 0 aliphatic heterocycles. The van der Waals surface area contributed by atoms with Gasteiger partial charge in [0, 0.05) is 43.5 Å². The lowest BCUT2D eigenvalue weighted by Gasteiger charge is -2.13. The van der Waals surface area contributed by atoms with E-state index >= 15 is 0 Å². The van der Waals surface area contributed by atoms with Crippen LogP contribution < -0.4 is 5.32 Å². The Morgan fingerprint density at radius 2 is 2.32 bits per heavy atom. The van der Waals surface area contributed by atoms with Gasteiger partial charge in [-0.05, 0) is 12.5 Å². The van der Waals surface area contributed by atoms with E-state index in [1.54, 1.807) is 23.0 Å². The summed E-state index contributed by atoms with van der Waals surface area (Å²) < 4.78 is 1.75. The number of rotatable bonds is 5. The fraction of sp³-hybridized carbons (Fsp3) is 0.308. The fourth-order valence-corrected chi connectivity index (χ4v) is 1.86. The highest BCUT2D eigenvalue weighted by Gasteiger charge is 2.10. The van der Waals surface area contributed by atoms with Crippen molar-refractivity contribution in [1.82, 2.24) is 15.1 Å². The van der Waals surface area contributed by atoms with Gasteiger partial charge >= 0.3 is 0 Å². The van der Waals surface area contributed by atoms with E-state index in [0.717, 1.165) is 11.1 Å². The standard InChI is InChI=1S/C13H16N4O2/c1-10(14-7-11-8-15-16(2)9-11)12-4-3-5-13(6-12)17(18)19/h3-6,8-10,14H,7H2,1-2H3. The molecule has 0 fully saturated rings. The number of nitrogens with zero attached hydrogens (tertiary/aromatic N) is 3. The van der Waals surface area contributed by atoms with Gasteiger partial charge < -0.3 is 5.32 Å². The first-order chi connectivity index (χ1) is 9.06. The van der Waals surface area contributed by atoms with Crippen molar-refractivity contribution < 1.29 is 4.92 Å². The number of hydrogen-bond donors (Lipinski definition) is 1. The first-order valence-corrected chi connectivity index (χ1v) is 6.01. The molecule has 2 rings (SSSR count). The minimum absolute atomic E-state index is 0.0418. The van der Waals surface area contributed by atoms with E-state index in [1.807, 2.05) is 26.2 Å². The summed E-state index contributed by atoms with van der Waals surface area (Å²) >= 11 is 0. The van der Waals surface area contributed by atoms with Crippen LogP contribution >= 0.6 is 0 Å². The molecule has 0 radical (unpaired) electrons. The van der Waals surface area contributed by atoms with Gasteiger partial charge in [-0.2, -0.15) is 5.10 Å². The first kappa shape index (κ1) is 13.2. The predicted octanol–water partition coefficient (Wildman–Crippen LogP) is 2.18. The van der Waals surface area contributed by atoms with Gasteiger partial charge in [0.15, 0.2) is 0 Å². The molecule has 1 N–H and O–H groups in total. The van der Waals surface area contributed by atoms with Crippen molar-refractivity contribution in [1.29, 1.82) is 0 Å². The summed E-state index contributed by atoms with van der Waals surface area (Å²) in [6.45, 7) is 2.66. The third-order valence-electron chi connectivity index (χ3n) is 2.95. The van der Waals surface area contributed by atoms with E-state index in [1.165, 1.54) is 6.07 Å². The number of nitro groups is 1. The summed E-state index contributed by atoms with van der Waals surface area (Å²) in [4.78, 5) is 10.4. The van der Waals surface area contributed by atoms with Crippen LogP contribution in [0.1, 0.15) is 24.1 Å². The Hall–Kier alpha value is -2.21. The van der Waals surface area contributed by atoms with Gasteiger partial charge in [-0.25, -0.2) is 0 Å². The monoisotopic (exact) mass is 260 g/mol. The van der Waals surface area contributed by atoms with Crippen molar-refractivity contribution in [3.05, 3.63) is 57.9 Å². The Kier molecular flexibility index (Phi) is 3.91. The van der Waals surface area contributed by atoms with Crippen molar-refractivity contribution in [2.24, 2.45) is 7.05 Å². The van der Waals surface area contributed by atoms with Gasteiger partial charge in [-0.3, -0.25) is 14.8 Å². The maximum absolute atomic E-state index is 10.7. The Morgan fingerprint density at radius 1 is 1.53 bits per heavy atom. The lowest BCUT2D eigenvalue weighted by molar-refractivity contribution is -0.384. The predicted molar refractivity (Wildman–Crippen MR) is 71.6 cm³/mol. The molecule has 1 atom stereocenters. The van der Waals surface area contributed by atoms with E-state index in [4.69, 9.17) is 0 Å². The quantitative estimate of drug-likeness (QED) is 0.660. The summed E-state index contributed by atoms with van der Waals surface area (Å²) in [6, 6.07) is 6.72. The second kappa shape index (κ2) is 5.62. The molecule has 1 unspecified atom stereocenters. The third-order valence-corrected chi connectivity index (χ3v) is 2.95. The Morgan fingerprint density at radius 3 is 2.95 bits per heavy atom. The molecule has 0 bridgehead atoms. The van der Waals surface area contributed by atoms with Crippen LogP contribution in [0.4, 0.5) is 5.69 Å². The van der Waals surface area contributed by atoms with E-state index in [9.17, 15) is 10.1 Å². The van der Waals surface area contributed by atoms with Crippen LogP contribution in [0.3, 0.4) is 0 Å². The van der Waals surface area contributed by atoms with Crippen LogP contribution in [-0.2, 0) is 13.6 Å². The highest BCUT2D eigenvalue weighted by molar-refractivity contribution is 5.35. The van der Waals surface area contributed by atoms with Gasteiger partial charge in [0.2, 0.25) is 0 Å². The lowest BCUT2D eigenvalue weighted by atomic mass is 10.1. The second-order valence-electron chi connectivity index (χ2n) is 4.48. The zero-order chi connectivity index (χ0) is 13.8. The topological polar surface area (TPSA) is 73.0 Å². The molecule has 6 nitrogen and oxygen atoms in total. The second-order valence-corrected chi connectivity index (χ2v) is 4.48. The van der Waals surface area contributed by atoms with Gasteiger partial charge in [-0.15, -0.1) is 0 Å². The van der Waals surface area contributed by atoms with Gasteiger partial charge in [-0.1, -0.05) is 12.1 Å². The molecule has 100 valence electrons. The number of aromatic nitrogens is 2. The summed E-state index contributed by atoms with van der Waals surface area (Å²) in [5, 5.41) is 18.1. The highest BCUT2D eigenvalue weighted by atomic mass is 16.6. The molecule has 1 aromatic carbocycles. The summed E-state index contributed by atoms with van der Waals surface area (Å²) in [7, 11) is 1.87. The van der Waals surface area contributed by atoms with Crippen molar-refractivity contribution in [3.63, 3.8) is 0 Å². The van der Waals surface area contributed by atoms with Crippen LogP contribution in [0, 0.1) is 10.1 Å². The molecule has 0 saturated heterocycles. The molecule has 19 heavy (non-hydrogen) atoms. The molecular formula is C13H16N4O2. The van der Waals surface area contributed by atoms with E-state index in [0.29, 0.717) is 6.54 Å². The van der Waals surface area contributed by atoms with Gasteiger partial charge in [0.25, 0.3) is 5.69 Å². The lowest BCUT2D eigenvalue weighted by Crippen LogP contribution is -2.17. The number of non-ortho nitro benzene ring substituents is 1. The van der Waals surface area contributed by atoms with Crippen molar-refractivity contribution >= 4 is 5.69 Å². The summed E-state index contributed by atoms with van der Waals surface area (Å²) in [6.07, 6.45) is 3.74. The molecule has 6 heteroatoms. The third kappa shape index (κ3) is 3.38. The van der Waals surface area contributed by atoms with E-state index in [2.05, 4.69) is 10.4 Å². The molecule has 0 aliphatic carbocycles. The highest BCUT2D eigenvalue weighted by Crippen LogP contribution is 2.19. The average molecular weight is 260 g/mol. The van der Waals surface area contributed by atoms with Gasteiger partial charge in [0.1, 0.15) is 0 Å². The van der Waals surface area contributed by atoms with Crippen molar-refractivity contribution in [2.75, 3.05) is 0 Å². The van der Waals surface area contributed by atoms with Crippen molar-refractivity contribution in [2.45, 2.75) is 19.5 Å².